The summed E-state index contributed by atoms with van der Waals surface area (Å²) in [4.78, 5) is 0. The van der Waals surface area contributed by atoms with Crippen molar-refractivity contribution in [2.45, 2.75) is 0 Å². The van der Waals surface area contributed by atoms with Gasteiger partial charge in [0.05, 0.1) is 33.4 Å². The van der Waals surface area contributed by atoms with Crippen LogP contribution in [0.2, 0.25) is 0 Å². The van der Waals surface area contributed by atoms with Crippen LogP contribution in [0.1, 0.15) is 0 Å². The van der Waals surface area contributed by atoms with Crippen molar-refractivity contribution in [3.05, 3.63) is 145 Å². The normalized spacial score (nSPS) is 11.8. The summed E-state index contributed by atoms with van der Waals surface area (Å²) < 4.78 is 35.5. The Balaban J connectivity index is 1.25. The zero-order valence-corrected chi connectivity index (χ0v) is 21.4. The molecule has 0 aliphatic heterocycles. The molecule has 190 valence electrons. The number of halogens is 2. The van der Waals surface area contributed by atoms with E-state index in [0.29, 0.717) is 22.5 Å². The van der Waals surface area contributed by atoms with Crippen LogP contribution in [0.5, 0.6) is 0 Å². The van der Waals surface area contributed by atoms with Gasteiger partial charge in [0.25, 0.3) is 0 Å². The third-order valence-corrected chi connectivity index (χ3v) is 7.87. The number of rotatable bonds is 3. The van der Waals surface area contributed by atoms with Gasteiger partial charge in [-0.05, 0) is 59.7 Å². The zero-order chi connectivity index (χ0) is 26.8. The van der Waals surface area contributed by atoms with Gasteiger partial charge in [-0.1, -0.05) is 84.9 Å². The fourth-order valence-electron chi connectivity index (χ4n) is 6.10. The summed E-state index contributed by atoms with van der Waals surface area (Å²) in [6, 6.07) is 42.4. The highest BCUT2D eigenvalue weighted by atomic mass is 19.1. The summed E-state index contributed by atoms with van der Waals surface area (Å²) in [5.74, 6) is -0.730. The summed E-state index contributed by atoms with van der Waals surface area (Å²) in [7, 11) is 0. The third kappa shape index (κ3) is 3.26. The number of fused-ring (bicyclic) bond motifs is 6. The SMILES string of the molecule is Fc1cc(-c2ccc(-n3c4ccccc4c4ccccc43)c(F)c2)ccc1-n1c2ccccc2c2ccccc21. The molecule has 0 fully saturated rings. The molecule has 0 atom stereocenters. The summed E-state index contributed by atoms with van der Waals surface area (Å²) >= 11 is 0. The lowest BCUT2D eigenvalue weighted by Gasteiger charge is -2.13. The summed E-state index contributed by atoms with van der Waals surface area (Å²) in [6.45, 7) is 0. The van der Waals surface area contributed by atoms with Gasteiger partial charge in [-0.25, -0.2) is 8.78 Å². The molecule has 4 heteroatoms. The number of para-hydroxylation sites is 4. The molecule has 0 saturated heterocycles. The molecule has 0 saturated carbocycles. The number of benzene rings is 6. The summed E-state index contributed by atoms with van der Waals surface area (Å²) in [5, 5.41) is 4.29. The Kier molecular flexibility index (Phi) is 4.92. The van der Waals surface area contributed by atoms with Crippen LogP contribution in [0, 0.1) is 11.6 Å². The minimum Gasteiger partial charge on any atom is -0.306 e. The van der Waals surface area contributed by atoms with Crippen LogP contribution in [0.3, 0.4) is 0 Å². The maximum Gasteiger partial charge on any atom is 0.147 e. The quantitative estimate of drug-likeness (QED) is 0.219. The standard InChI is InChI=1S/C36H22F2N2/c37-29-21-23(17-19-35(29)39-31-13-5-1-9-25(31)26-10-2-6-14-32(26)39)24-18-20-36(30(38)22-24)40-33-15-7-3-11-27(33)28-12-4-8-16-34(28)40/h1-22H. The zero-order valence-electron chi connectivity index (χ0n) is 21.4. The minimum absolute atomic E-state index is 0.365. The Morgan fingerprint density at radius 2 is 0.650 bits per heavy atom. The molecule has 2 nitrogen and oxygen atoms in total. The van der Waals surface area contributed by atoms with Crippen molar-refractivity contribution in [2.24, 2.45) is 0 Å². The first-order valence-corrected chi connectivity index (χ1v) is 13.3. The molecule has 0 spiro atoms. The lowest BCUT2D eigenvalue weighted by Crippen LogP contribution is -1.99. The largest absolute Gasteiger partial charge is 0.306 e. The Morgan fingerprint density at radius 1 is 0.350 bits per heavy atom. The summed E-state index contributed by atoms with van der Waals surface area (Å²) in [5.41, 5.74) is 5.93. The number of nitrogens with zero attached hydrogens (tertiary/aromatic N) is 2. The van der Waals surface area contributed by atoms with E-state index in [0.717, 1.165) is 43.6 Å². The summed E-state index contributed by atoms with van der Waals surface area (Å²) in [6.07, 6.45) is 0. The van der Waals surface area contributed by atoms with Gasteiger partial charge >= 0.3 is 0 Å². The van der Waals surface area contributed by atoms with E-state index in [9.17, 15) is 0 Å². The first-order valence-electron chi connectivity index (χ1n) is 13.3. The van der Waals surface area contributed by atoms with Crippen molar-refractivity contribution in [1.82, 2.24) is 9.13 Å². The van der Waals surface area contributed by atoms with Crippen molar-refractivity contribution in [1.29, 1.82) is 0 Å². The first kappa shape index (κ1) is 22.7. The van der Waals surface area contributed by atoms with Crippen LogP contribution >= 0.6 is 0 Å². The van der Waals surface area contributed by atoms with Gasteiger partial charge in [-0.2, -0.15) is 0 Å². The number of aromatic nitrogens is 2. The van der Waals surface area contributed by atoms with Gasteiger partial charge in [0.2, 0.25) is 0 Å². The molecule has 0 radical (unpaired) electrons. The van der Waals surface area contributed by atoms with Gasteiger partial charge in [-0.15, -0.1) is 0 Å². The van der Waals surface area contributed by atoms with Crippen LogP contribution in [0.4, 0.5) is 8.78 Å². The molecule has 2 aromatic heterocycles. The maximum absolute atomic E-state index is 15.8. The molecule has 0 aliphatic rings. The van der Waals surface area contributed by atoms with E-state index < -0.39 is 0 Å². The molecule has 8 aromatic rings. The lowest BCUT2D eigenvalue weighted by atomic mass is 10.0. The predicted octanol–water partition coefficient (Wildman–Crippen LogP) is 9.83. The highest BCUT2D eigenvalue weighted by Gasteiger charge is 2.17. The minimum atomic E-state index is -0.365. The fourth-order valence-corrected chi connectivity index (χ4v) is 6.10. The topological polar surface area (TPSA) is 9.86 Å². The Morgan fingerprint density at radius 3 is 0.950 bits per heavy atom. The molecule has 6 aromatic carbocycles. The maximum atomic E-state index is 15.8. The predicted molar refractivity (Wildman–Crippen MR) is 160 cm³/mol. The molecule has 0 unspecified atom stereocenters. The van der Waals surface area contributed by atoms with Crippen molar-refractivity contribution in [2.75, 3.05) is 0 Å². The molecule has 2 heterocycles. The van der Waals surface area contributed by atoms with E-state index in [-0.39, 0.29) is 11.6 Å². The highest BCUT2D eigenvalue weighted by Crippen LogP contribution is 2.36. The van der Waals surface area contributed by atoms with E-state index in [1.165, 1.54) is 12.1 Å². The van der Waals surface area contributed by atoms with Crippen LogP contribution < -0.4 is 0 Å². The van der Waals surface area contributed by atoms with E-state index in [2.05, 4.69) is 24.3 Å². The monoisotopic (exact) mass is 520 g/mol. The Bertz CT molecular complexity index is 1990. The molecular formula is C36H22F2N2. The van der Waals surface area contributed by atoms with Crippen molar-refractivity contribution < 1.29 is 8.78 Å². The van der Waals surface area contributed by atoms with Crippen LogP contribution in [-0.2, 0) is 0 Å². The van der Waals surface area contributed by atoms with E-state index in [1.807, 2.05) is 94.1 Å². The van der Waals surface area contributed by atoms with E-state index >= 15 is 8.78 Å². The van der Waals surface area contributed by atoms with Gasteiger partial charge in [0.15, 0.2) is 0 Å². The molecule has 8 rings (SSSR count). The number of hydrogen-bond donors (Lipinski definition) is 0. The van der Waals surface area contributed by atoms with Gasteiger partial charge in [0.1, 0.15) is 11.6 Å². The van der Waals surface area contributed by atoms with Crippen LogP contribution in [0.25, 0.3) is 66.1 Å². The molecule has 0 bridgehead atoms. The van der Waals surface area contributed by atoms with Gasteiger partial charge < -0.3 is 9.13 Å². The smallest absolute Gasteiger partial charge is 0.147 e. The highest BCUT2D eigenvalue weighted by molar-refractivity contribution is 6.10. The molecule has 40 heavy (non-hydrogen) atoms. The fraction of sp³-hybridized carbons (Fsp3) is 0. The molecule has 0 aliphatic carbocycles. The second kappa shape index (κ2) is 8.65. The lowest BCUT2D eigenvalue weighted by molar-refractivity contribution is 0.619. The third-order valence-electron chi connectivity index (χ3n) is 7.87. The molecule has 0 N–H and O–H groups in total. The first-order chi connectivity index (χ1) is 19.7. The molecular weight excluding hydrogens is 498 g/mol. The van der Waals surface area contributed by atoms with Gasteiger partial charge in [-0.3, -0.25) is 0 Å². The molecule has 0 amide bonds. The Hall–Kier alpha value is -5.22. The van der Waals surface area contributed by atoms with Crippen LogP contribution in [0.15, 0.2) is 133 Å². The number of hydrogen-bond acceptors (Lipinski definition) is 0. The average Bonchev–Trinajstić information content (AvgIpc) is 3.50. The second-order valence-corrected chi connectivity index (χ2v) is 10.1. The van der Waals surface area contributed by atoms with Crippen molar-refractivity contribution in [3.63, 3.8) is 0 Å². The van der Waals surface area contributed by atoms with E-state index in [4.69, 9.17) is 0 Å². The van der Waals surface area contributed by atoms with Crippen molar-refractivity contribution in [3.8, 4) is 22.5 Å². The Labute approximate surface area is 228 Å². The van der Waals surface area contributed by atoms with Crippen molar-refractivity contribution >= 4 is 43.6 Å². The van der Waals surface area contributed by atoms with Crippen LogP contribution in [-0.4, -0.2) is 9.13 Å². The second-order valence-electron chi connectivity index (χ2n) is 10.1. The average molecular weight is 521 g/mol. The van der Waals surface area contributed by atoms with E-state index in [1.54, 1.807) is 12.1 Å². The van der Waals surface area contributed by atoms with Gasteiger partial charge in [0, 0.05) is 21.5 Å².